The summed E-state index contributed by atoms with van der Waals surface area (Å²) in [7, 11) is 0. The lowest BCUT2D eigenvalue weighted by Gasteiger charge is -2.28. The van der Waals surface area contributed by atoms with E-state index in [0.29, 0.717) is 0 Å². The Labute approximate surface area is 270 Å². The molecule has 3 heteroatoms. The van der Waals surface area contributed by atoms with Gasteiger partial charge in [0.25, 0.3) is 0 Å². The van der Waals surface area contributed by atoms with Crippen LogP contribution in [0.5, 0.6) is 0 Å². The minimum Gasteiger partial charge on any atom is -0.455 e. The molecule has 0 fully saturated rings. The van der Waals surface area contributed by atoms with Crippen molar-refractivity contribution in [1.29, 1.82) is 0 Å². The molecule has 218 valence electrons. The van der Waals surface area contributed by atoms with Crippen LogP contribution < -0.4 is 4.90 Å². The third-order valence-electron chi connectivity index (χ3n) is 10.0. The van der Waals surface area contributed by atoms with Crippen LogP contribution in [0.25, 0.3) is 64.0 Å². The Kier molecular flexibility index (Phi) is 5.25. The molecule has 0 atom stereocenters. The normalized spacial score (nSPS) is 13.6. The standard InChI is InChI=1S/C43H29NOS/c1-43(2)34-16-9-8-15-30(34)32-25-29(19-21-35(32)43)44(28-13-4-3-5-14-28)36-17-10-18-38-40(36)41-39(46-38)22-20-31-33-23-26-11-6-7-12-27(26)24-37(33)45-42(31)41/h3-25H,1-2H3. The molecule has 10 rings (SSSR count). The molecule has 2 aromatic heterocycles. The fraction of sp³-hybridized carbons (Fsp3) is 0.0698. The maximum atomic E-state index is 6.80. The van der Waals surface area contributed by atoms with Gasteiger partial charge < -0.3 is 9.32 Å². The summed E-state index contributed by atoms with van der Waals surface area (Å²) in [5, 5.41) is 7.14. The summed E-state index contributed by atoms with van der Waals surface area (Å²) >= 11 is 1.84. The molecule has 7 aromatic carbocycles. The van der Waals surface area contributed by atoms with Crippen molar-refractivity contribution in [3.8, 4) is 11.1 Å². The highest BCUT2D eigenvalue weighted by molar-refractivity contribution is 7.26. The molecule has 0 amide bonds. The Morgan fingerprint density at radius 3 is 2.15 bits per heavy atom. The van der Waals surface area contributed by atoms with E-state index < -0.39 is 0 Å². The zero-order valence-electron chi connectivity index (χ0n) is 25.5. The number of nitrogens with zero attached hydrogens (tertiary/aromatic N) is 1. The van der Waals surface area contributed by atoms with Gasteiger partial charge in [0.05, 0.1) is 5.69 Å². The van der Waals surface area contributed by atoms with Crippen molar-refractivity contribution in [2.24, 2.45) is 0 Å². The highest BCUT2D eigenvalue weighted by Gasteiger charge is 2.35. The van der Waals surface area contributed by atoms with Gasteiger partial charge in [0.1, 0.15) is 11.2 Å². The topological polar surface area (TPSA) is 16.4 Å². The molecule has 0 spiro atoms. The zero-order chi connectivity index (χ0) is 30.6. The Hall–Kier alpha value is -5.38. The van der Waals surface area contributed by atoms with Gasteiger partial charge in [-0.15, -0.1) is 11.3 Å². The maximum Gasteiger partial charge on any atom is 0.144 e. The Balaban J connectivity index is 1.27. The Morgan fingerprint density at radius 2 is 1.28 bits per heavy atom. The first-order valence-electron chi connectivity index (χ1n) is 15.9. The smallest absolute Gasteiger partial charge is 0.144 e. The van der Waals surface area contributed by atoms with Crippen LogP contribution in [-0.2, 0) is 5.41 Å². The van der Waals surface area contributed by atoms with E-state index in [1.54, 1.807) is 0 Å². The molecule has 46 heavy (non-hydrogen) atoms. The number of rotatable bonds is 3. The lowest BCUT2D eigenvalue weighted by atomic mass is 9.82. The van der Waals surface area contributed by atoms with Gasteiger partial charge >= 0.3 is 0 Å². The molecular weight excluding hydrogens is 579 g/mol. The minimum absolute atomic E-state index is 0.0384. The second-order valence-electron chi connectivity index (χ2n) is 12.9. The third-order valence-corrected chi connectivity index (χ3v) is 11.1. The summed E-state index contributed by atoms with van der Waals surface area (Å²) in [6.07, 6.45) is 0. The lowest BCUT2D eigenvalue weighted by Crippen LogP contribution is -2.15. The van der Waals surface area contributed by atoms with Crippen LogP contribution in [0, 0.1) is 0 Å². The van der Waals surface area contributed by atoms with Crippen LogP contribution >= 0.6 is 11.3 Å². The Bertz CT molecular complexity index is 2680. The molecular formula is C43H29NOS. The maximum absolute atomic E-state index is 6.80. The van der Waals surface area contributed by atoms with Gasteiger partial charge in [-0.2, -0.15) is 0 Å². The van der Waals surface area contributed by atoms with Gasteiger partial charge in [-0.25, -0.2) is 0 Å². The van der Waals surface area contributed by atoms with Crippen LogP contribution in [0.15, 0.2) is 144 Å². The molecule has 0 saturated carbocycles. The predicted octanol–water partition coefficient (Wildman–Crippen LogP) is 12.9. The fourth-order valence-corrected chi connectivity index (χ4v) is 8.97. The van der Waals surface area contributed by atoms with E-state index in [-0.39, 0.29) is 5.41 Å². The number of fused-ring (bicyclic) bond motifs is 11. The molecule has 1 aliphatic rings. The Morgan fingerprint density at radius 1 is 0.543 bits per heavy atom. The molecule has 2 heterocycles. The number of benzene rings is 7. The van der Waals surface area contributed by atoms with Crippen molar-refractivity contribution in [2.75, 3.05) is 4.90 Å². The van der Waals surface area contributed by atoms with Crippen molar-refractivity contribution in [3.63, 3.8) is 0 Å². The second kappa shape index (κ2) is 9.32. The fourth-order valence-electron chi connectivity index (χ4n) is 7.84. The van der Waals surface area contributed by atoms with E-state index in [0.717, 1.165) is 39.0 Å². The number of para-hydroxylation sites is 1. The van der Waals surface area contributed by atoms with Gasteiger partial charge in [-0.05, 0) is 93.7 Å². The molecule has 0 N–H and O–H groups in total. The first-order chi connectivity index (χ1) is 22.6. The zero-order valence-corrected chi connectivity index (χ0v) is 26.4. The van der Waals surface area contributed by atoms with Gasteiger partial charge in [0.15, 0.2) is 0 Å². The number of anilines is 3. The van der Waals surface area contributed by atoms with Gasteiger partial charge in [0.2, 0.25) is 0 Å². The molecule has 0 aliphatic heterocycles. The lowest BCUT2D eigenvalue weighted by molar-refractivity contribution is 0.660. The largest absolute Gasteiger partial charge is 0.455 e. The van der Waals surface area contributed by atoms with E-state index in [9.17, 15) is 0 Å². The van der Waals surface area contributed by atoms with Crippen molar-refractivity contribution in [1.82, 2.24) is 0 Å². The summed E-state index contributed by atoms with van der Waals surface area (Å²) in [6.45, 7) is 4.68. The molecule has 0 unspecified atom stereocenters. The highest BCUT2D eigenvalue weighted by atomic mass is 32.1. The third kappa shape index (κ3) is 3.52. The number of hydrogen-bond acceptors (Lipinski definition) is 3. The first kappa shape index (κ1) is 25.9. The first-order valence-corrected chi connectivity index (χ1v) is 16.7. The van der Waals surface area contributed by atoms with Crippen LogP contribution in [0.4, 0.5) is 17.1 Å². The van der Waals surface area contributed by atoms with Crippen LogP contribution in [0.3, 0.4) is 0 Å². The van der Waals surface area contributed by atoms with E-state index in [2.05, 4.69) is 158 Å². The molecule has 0 saturated heterocycles. The van der Waals surface area contributed by atoms with E-state index in [1.165, 1.54) is 53.2 Å². The number of furan rings is 1. The van der Waals surface area contributed by atoms with Gasteiger partial charge in [0, 0.05) is 47.7 Å². The van der Waals surface area contributed by atoms with E-state index >= 15 is 0 Å². The second-order valence-corrected chi connectivity index (χ2v) is 14.0. The quantitative estimate of drug-likeness (QED) is 0.199. The monoisotopic (exact) mass is 607 g/mol. The van der Waals surface area contributed by atoms with Crippen molar-refractivity contribution >= 4 is 81.3 Å². The molecule has 9 aromatic rings. The molecule has 0 bridgehead atoms. The number of thiophene rings is 1. The predicted molar refractivity (Wildman–Crippen MR) is 196 cm³/mol. The summed E-state index contributed by atoms with van der Waals surface area (Å²) in [5.41, 5.74) is 10.7. The molecule has 1 aliphatic carbocycles. The highest BCUT2D eigenvalue weighted by Crippen LogP contribution is 2.52. The van der Waals surface area contributed by atoms with Crippen molar-refractivity contribution in [3.05, 3.63) is 151 Å². The van der Waals surface area contributed by atoms with Crippen LogP contribution in [0.2, 0.25) is 0 Å². The molecule has 2 nitrogen and oxygen atoms in total. The average molecular weight is 608 g/mol. The van der Waals surface area contributed by atoms with Crippen LogP contribution in [0.1, 0.15) is 25.0 Å². The molecule has 0 radical (unpaired) electrons. The summed E-state index contributed by atoms with van der Waals surface area (Å²) in [6, 6.07) is 50.9. The van der Waals surface area contributed by atoms with Gasteiger partial charge in [-0.1, -0.05) is 92.7 Å². The number of hydrogen-bond donors (Lipinski definition) is 0. The summed E-state index contributed by atoms with van der Waals surface area (Å²) in [4.78, 5) is 2.43. The summed E-state index contributed by atoms with van der Waals surface area (Å²) in [5.74, 6) is 0. The minimum atomic E-state index is -0.0384. The van der Waals surface area contributed by atoms with E-state index in [4.69, 9.17) is 4.42 Å². The van der Waals surface area contributed by atoms with Crippen molar-refractivity contribution in [2.45, 2.75) is 19.3 Å². The SMILES string of the molecule is CC1(C)c2ccccc2-c2cc(N(c3ccccc3)c3cccc4sc5ccc6c7cc8ccccc8cc7oc6c5c34)ccc21. The summed E-state index contributed by atoms with van der Waals surface area (Å²) < 4.78 is 9.28. The van der Waals surface area contributed by atoms with Crippen LogP contribution in [-0.4, -0.2) is 0 Å². The van der Waals surface area contributed by atoms with Gasteiger partial charge in [-0.3, -0.25) is 0 Å². The average Bonchev–Trinajstić information content (AvgIpc) is 3.72. The van der Waals surface area contributed by atoms with E-state index in [1.807, 2.05) is 11.3 Å². The van der Waals surface area contributed by atoms with Crippen molar-refractivity contribution < 1.29 is 4.42 Å².